The summed E-state index contributed by atoms with van der Waals surface area (Å²) < 4.78 is 27.3. The molecule has 0 radical (unpaired) electrons. The summed E-state index contributed by atoms with van der Waals surface area (Å²) in [5.74, 6) is -0.968. The van der Waals surface area contributed by atoms with Crippen molar-refractivity contribution in [2.75, 3.05) is 0 Å². The Morgan fingerprint density at radius 2 is 1.61 bits per heavy atom. The van der Waals surface area contributed by atoms with Gasteiger partial charge in [0.2, 0.25) is 0 Å². The maximum atomic E-state index is 13.8. The molecule has 0 aliphatic rings. The van der Waals surface area contributed by atoms with Crippen LogP contribution in [0.1, 0.15) is 16.0 Å². The van der Waals surface area contributed by atoms with Crippen molar-refractivity contribution in [2.24, 2.45) is 0 Å². The van der Waals surface area contributed by atoms with Gasteiger partial charge in [-0.1, -0.05) is 39.7 Å². The number of benzene rings is 2. The molecule has 0 N–H and O–H groups in total. The molecule has 0 aromatic heterocycles. The number of hydrogen-bond donors (Lipinski definition) is 0. The molecule has 0 aliphatic carbocycles. The molecule has 1 unspecified atom stereocenters. The highest BCUT2D eigenvalue weighted by molar-refractivity contribution is 9.10. The fourth-order valence-electron chi connectivity index (χ4n) is 1.54. The third kappa shape index (κ3) is 2.92. The second kappa shape index (κ2) is 5.68. The number of hydrogen-bond acceptors (Lipinski definition) is 0. The van der Waals surface area contributed by atoms with Crippen molar-refractivity contribution in [1.82, 2.24) is 0 Å². The second-order valence-corrected chi connectivity index (χ2v) is 5.91. The first-order chi connectivity index (χ1) is 8.49. The van der Waals surface area contributed by atoms with Crippen molar-refractivity contribution < 1.29 is 8.78 Å². The highest BCUT2D eigenvalue weighted by atomic mass is 79.9. The van der Waals surface area contributed by atoms with Crippen molar-refractivity contribution in [3.8, 4) is 0 Å². The molecule has 2 aromatic carbocycles. The average Bonchev–Trinajstić information content (AvgIpc) is 2.34. The number of halogens is 5. The van der Waals surface area contributed by atoms with Gasteiger partial charge in [0.05, 0.1) is 9.30 Å². The summed E-state index contributed by atoms with van der Waals surface area (Å²) in [7, 11) is 0. The van der Waals surface area contributed by atoms with Crippen molar-refractivity contribution in [3.63, 3.8) is 0 Å². The van der Waals surface area contributed by atoms with Gasteiger partial charge < -0.3 is 0 Å². The van der Waals surface area contributed by atoms with Gasteiger partial charge >= 0.3 is 0 Å². The molecule has 2 rings (SSSR count). The second-order valence-electron chi connectivity index (χ2n) is 3.70. The lowest BCUT2D eigenvalue weighted by molar-refractivity contribution is 0.583. The van der Waals surface area contributed by atoms with Gasteiger partial charge in [-0.3, -0.25) is 0 Å². The van der Waals surface area contributed by atoms with Crippen LogP contribution in [0.4, 0.5) is 8.78 Å². The van der Waals surface area contributed by atoms with E-state index in [9.17, 15) is 8.78 Å². The number of alkyl halides is 1. The standard InChI is InChI=1S/C13H7Br2ClF2/c14-10-6-11(17)9(5-12(10)18)13(15)7-1-3-8(16)4-2-7/h1-6,13H. The minimum absolute atomic E-state index is 0.111. The molecule has 2 aromatic rings. The Labute approximate surface area is 125 Å². The van der Waals surface area contributed by atoms with Crippen LogP contribution in [0.2, 0.25) is 5.02 Å². The van der Waals surface area contributed by atoms with Gasteiger partial charge in [-0.2, -0.15) is 0 Å². The topological polar surface area (TPSA) is 0 Å². The third-order valence-corrected chi connectivity index (χ3v) is 4.36. The molecule has 0 bridgehead atoms. The van der Waals surface area contributed by atoms with Crippen LogP contribution in [0.5, 0.6) is 0 Å². The smallest absolute Gasteiger partial charge is 0.137 e. The first kappa shape index (κ1) is 14.0. The molecule has 0 heterocycles. The van der Waals surface area contributed by atoms with Crippen LogP contribution >= 0.6 is 43.5 Å². The van der Waals surface area contributed by atoms with E-state index >= 15 is 0 Å². The molecule has 0 amide bonds. The summed E-state index contributed by atoms with van der Waals surface area (Å²) >= 11 is 12.1. The van der Waals surface area contributed by atoms with Gasteiger partial charge in [0.15, 0.2) is 0 Å². The van der Waals surface area contributed by atoms with Gasteiger partial charge in [0.25, 0.3) is 0 Å². The van der Waals surface area contributed by atoms with Gasteiger partial charge in [0.1, 0.15) is 11.6 Å². The normalized spacial score (nSPS) is 12.5. The van der Waals surface area contributed by atoms with E-state index < -0.39 is 16.5 Å². The zero-order valence-corrected chi connectivity index (χ0v) is 12.9. The molecular weight excluding hydrogens is 389 g/mol. The first-order valence-corrected chi connectivity index (χ1v) is 7.11. The largest absolute Gasteiger partial charge is 0.207 e. The monoisotopic (exact) mass is 394 g/mol. The Kier molecular flexibility index (Phi) is 4.41. The Bertz CT molecular complexity index is 570. The molecule has 5 heteroatoms. The Morgan fingerprint density at radius 3 is 2.22 bits per heavy atom. The zero-order valence-electron chi connectivity index (χ0n) is 8.93. The van der Waals surface area contributed by atoms with Crippen LogP contribution in [0.3, 0.4) is 0 Å². The fourth-order valence-corrected chi connectivity index (χ4v) is 2.64. The summed E-state index contributed by atoms with van der Waals surface area (Å²) in [5, 5.41) is 0.598. The van der Waals surface area contributed by atoms with Crippen LogP contribution in [-0.2, 0) is 0 Å². The molecule has 0 nitrogen and oxygen atoms in total. The molecule has 0 saturated carbocycles. The van der Waals surface area contributed by atoms with E-state index in [1.54, 1.807) is 24.3 Å². The molecule has 0 aliphatic heterocycles. The quantitative estimate of drug-likeness (QED) is 0.440. The van der Waals surface area contributed by atoms with E-state index in [2.05, 4.69) is 31.9 Å². The molecule has 0 fully saturated rings. The summed E-state index contributed by atoms with van der Waals surface area (Å²) in [6.07, 6.45) is 0. The highest BCUT2D eigenvalue weighted by Gasteiger charge is 2.17. The maximum absolute atomic E-state index is 13.8. The van der Waals surface area contributed by atoms with E-state index in [0.717, 1.165) is 11.6 Å². The third-order valence-electron chi connectivity index (χ3n) is 2.48. The van der Waals surface area contributed by atoms with E-state index in [0.29, 0.717) is 5.02 Å². The molecule has 0 saturated heterocycles. The Morgan fingerprint density at radius 1 is 1.00 bits per heavy atom. The van der Waals surface area contributed by atoms with E-state index in [4.69, 9.17) is 11.6 Å². The predicted octanol–water partition coefficient (Wildman–Crippen LogP) is 5.87. The van der Waals surface area contributed by atoms with Crippen LogP contribution in [0, 0.1) is 11.6 Å². The molecule has 0 spiro atoms. The minimum atomic E-state index is -0.496. The molecule has 1 atom stereocenters. The summed E-state index contributed by atoms with van der Waals surface area (Å²) in [4.78, 5) is -0.419. The van der Waals surface area contributed by atoms with Gasteiger partial charge in [-0.05, 0) is 45.8 Å². The maximum Gasteiger partial charge on any atom is 0.137 e. The van der Waals surface area contributed by atoms with Crippen molar-refractivity contribution >= 4 is 43.5 Å². The lowest BCUT2D eigenvalue weighted by Gasteiger charge is -2.12. The minimum Gasteiger partial charge on any atom is -0.207 e. The van der Waals surface area contributed by atoms with Gasteiger partial charge in [-0.25, -0.2) is 8.78 Å². The SMILES string of the molecule is Fc1cc(C(Br)c2ccc(Cl)cc2)c(F)cc1Br. The average molecular weight is 396 g/mol. The molecular formula is C13H7Br2ClF2. The first-order valence-electron chi connectivity index (χ1n) is 5.03. The molecule has 94 valence electrons. The van der Waals surface area contributed by atoms with Gasteiger partial charge in [0, 0.05) is 10.6 Å². The highest BCUT2D eigenvalue weighted by Crippen LogP contribution is 2.34. The molecule has 18 heavy (non-hydrogen) atoms. The van der Waals surface area contributed by atoms with E-state index in [1.165, 1.54) is 6.07 Å². The number of rotatable bonds is 2. The Balaban J connectivity index is 2.42. The van der Waals surface area contributed by atoms with Crippen LogP contribution in [0.25, 0.3) is 0 Å². The lowest BCUT2D eigenvalue weighted by Crippen LogP contribution is -1.98. The lowest BCUT2D eigenvalue weighted by atomic mass is 10.0. The summed E-state index contributed by atoms with van der Waals surface area (Å²) in [6, 6.07) is 9.24. The summed E-state index contributed by atoms with van der Waals surface area (Å²) in [6.45, 7) is 0. The van der Waals surface area contributed by atoms with Crippen molar-refractivity contribution in [1.29, 1.82) is 0 Å². The fraction of sp³-hybridized carbons (Fsp3) is 0.0769. The van der Waals surface area contributed by atoms with Gasteiger partial charge in [-0.15, -0.1) is 0 Å². The van der Waals surface area contributed by atoms with Crippen LogP contribution in [-0.4, -0.2) is 0 Å². The Hall–Kier alpha value is -0.450. The van der Waals surface area contributed by atoms with Crippen LogP contribution < -0.4 is 0 Å². The summed E-state index contributed by atoms with van der Waals surface area (Å²) in [5.41, 5.74) is 1.05. The van der Waals surface area contributed by atoms with E-state index in [-0.39, 0.29) is 10.0 Å². The van der Waals surface area contributed by atoms with Crippen molar-refractivity contribution in [2.45, 2.75) is 4.83 Å². The van der Waals surface area contributed by atoms with Crippen LogP contribution in [0.15, 0.2) is 40.9 Å². The van der Waals surface area contributed by atoms with E-state index in [1.807, 2.05) is 0 Å². The zero-order chi connectivity index (χ0) is 13.3. The van der Waals surface area contributed by atoms with Crippen molar-refractivity contribution in [3.05, 3.63) is 68.7 Å². The predicted molar refractivity (Wildman–Crippen MR) is 76.3 cm³/mol.